The number of hydrogen-bond acceptors (Lipinski definition) is 7. The molecular weight excluding hydrogens is 428 g/mol. The second-order valence-electron chi connectivity index (χ2n) is 7.72. The van der Waals surface area contributed by atoms with E-state index in [1.165, 1.54) is 20.3 Å². The Bertz CT molecular complexity index is 1060. The number of carbonyl (C=O) groups excluding carboxylic acids is 2. The average molecular weight is 459 g/mol. The van der Waals surface area contributed by atoms with Crippen LogP contribution in [0.25, 0.3) is 0 Å². The van der Waals surface area contributed by atoms with Crippen LogP contribution in [-0.4, -0.2) is 73.7 Å². The molecule has 0 atom stereocenters. The first-order chi connectivity index (χ1) is 15.8. The van der Waals surface area contributed by atoms with E-state index in [4.69, 9.17) is 14.2 Å². The number of aromatic nitrogens is 1. The Morgan fingerprint density at radius 2 is 1.67 bits per heavy atom. The molecule has 10 heteroatoms. The van der Waals surface area contributed by atoms with Gasteiger partial charge in [-0.25, -0.2) is 0 Å². The van der Waals surface area contributed by atoms with Crippen LogP contribution in [0.3, 0.4) is 0 Å². The molecule has 0 radical (unpaired) electrons. The Morgan fingerprint density at radius 1 is 0.970 bits per heavy atom. The van der Waals surface area contributed by atoms with Gasteiger partial charge in [0.15, 0.2) is 5.75 Å². The van der Waals surface area contributed by atoms with Gasteiger partial charge in [0.25, 0.3) is 0 Å². The van der Waals surface area contributed by atoms with E-state index in [-0.39, 0.29) is 29.5 Å². The molecule has 0 saturated carbocycles. The highest BCUT2D eigenvalue weighted by atomic mass is 16.5. The largest absolute Gasteiger partial charge is 0.497 e. The lowest BCUT2D eigenvalue weighted by Gasteiger charge is -2.34. The van der Waals surface area contributed by atoms with E-state index in [1.807, 2.05) is 0 Å². The zero-order chi connectivity index (χ0) is 24.0. The summed E-state index contributed by atoms with van der Waals surface area (Å²) < 4.78 is 17.4. The molecule has 0 aliphatic carbocycles. The van der Waals surface area contributed by atoms with E-state index in [1.54, 1.807) is 47.9 Å². The third kappa shape index (κ3) is 6.04. The summed E-state index contributed by atoms with van der Waals surface area (Å²) in [5.74, 6) is 1.02. The molecule has 33 heavy (non-hydrogen) atoms. The van der Waals surface area contributed by atoms with Crippen molar-refractivity contribution in [3.63, 3.8) is 0 Å². The second-order valence-corrected chi connectivity index (χ2v) is 7.72. The Morgan fingerprint density at radius 3 is 2.27 bits per heavy atom. The van der Waals surface area contributed by atoms with E-state index in [9.17, 15) is 14.4 Å². The molecule has 0 unspecified atom stereocenters. The lowest BCUT2D eigenvalue weighted by Crippen LogP contribution is -2.47. The molecular formula is C23H30N4O6. The van der Waals surface area contributed by atoms with Gasteiger partial charge in [0.1, 0.15) is 18.0 Å². The molecule has 1 aliphatic rings. The molecule has 2 heterocycles. The number of rotatable bonds is 8. The van der Waals surface area contributed by atoms with E-state index in [2.05, 4.69) is 10.2 Å². The van der Waals surface area contributed by atoms with E-state index >= 15 is 0 Å². The molecule has 1 aromatic heterocycles. The van der Waals surface area contributed by atoms with Crippen LogP contribution >= 0.6 is 0 Å². The molecule has 1 aromatic carbocycles. The minimum atomic E-state index is -0.285. The van der Waals surface area contributed by atoms with E-state index in [0.29, 0.717) is 55.6 Å². The summed E-state index contributed by atoms with van der Waals surface area (Å²) in [7, 11) is 4.49. The molecule has 3 rings (SSSR count). The predicted octanol–water partition coefficient (Wildman–Crippen LogP) is 1.18. The summed E-state index contributed by atoms with van der Waals surface area (Å²) in [6.45, 7) is 4.66. The van der Waals surface area contributed by atoms with Gasteiger partial charge >= 0.3 is 0 Å². The number of ether oxygens (including phenoxy) is 3. The average Bonchev–Trinajstić information content (AvgIpc) is 2.81. The van der Waals surface area contributed by atoms with Crippen molar-refractivity contribution in [2.75, 3.05) is 52.8 Å². The first kappa shape index (κ1) is 24.1. The Labute approximate surface area is 192 Å². The maximum atomic E-state index is 12.9. The number of nitrogens with zero attached hydrogens (tertiary/aromatic N) is 3. The summed E-state index contributed by atoms with van der Waals surface area (Å²) in [6.07, 6.45) is 1.55. The van der Waals surface area contributed by atoms with E-state index < -0.39 is 0 Å². The monoisotopic (exact) mass is 458 g/mol. The number of benzene rings is 1. The normalized spacial score (nSPS) is 14.0. The minimum Gasteiger partial charge on any atom is -0.497 e. The van der Waals surface area contributed by atoms with Crippen LogP contribution in [0.4, 0.5) is 5.69 Å². The Balaban J connectivity index is 1.77. The van der Waals surface area contributed by atoms with Crippen LogP contribution in [0.5, 0.6) is 17.2 Å². The molecule has 1 saturated heterocycles. The van der Waals surface area contributed by atoms with Crippen LogP contribution in [0.2, 0.25) is 0 Å². The lowest BCUT2D eigenvalue weighted by molar-refractivity contribution is -0.130. The fraction of sp³-hybridized carbons (Fsp3) is 0.435. The minimum absolute atomic E-state index is 0.0193. The third-order valence-corrected chi connectivity index (χ3v) is 5.60. The van der Waals surface area contributed by atoms with Gasteiger partial charge in [-0.1, -0.05) is 0 Å². The first-order valence-electron chi connectivity index (χ1n) is 10.6. The molecule has 10 nitrogen and oxygen atoms in total. The van der Waals surface area contributed by atoms with Crippen LogP contribution in [0, 0.1) is 0 Å². The SMILES string of the molecule is COc1ccc(NC(=O)Cn2cc(OC)c(=O)cc2CN2CCN(C(C)=O)CC2)c(OC)c1. The summed E-state index contributed by atoms with van der Waals surface area (Å²) in [4.78, 5) is 40.8. The number of amides is 2. The van der Waals surface area contributed by atoms with Gasteiger partial charge in [-0.2, -0.15) is 0 Å². The maximum absolute atomic E-state index is 12.9. The lowest BCUT2D eigenvalue weighted by atomic mass is 10.2. The number of carbonyl (C=O) groups is 2. The van der Waals surface area contributed by atoms with Crippen molar-refractivity contribution >= 4 is 17.5 Å². The van der Waals surface area contributed by atoms with Crippen molar-refractivity contribution in [2.45, 2.75) is 20.0 Å². The highest BCUT2D eigenvalue weighted by Crippen LogP contribution is 2.29. The van der Waals surface area contributed by atoms with Gasteiger partial charge in [-0.3, -0.25) is 19.3 Å². The molecule has 178 valence electrons. The molecule has 1 aliphatic heterocycles. The summed E-state index contributed by atoms with van der Waals surface area (Å²) >= 11 is 0. The van der Waals surface area contributed by atoms with Crippen LogP contribution in [-0.2, 0) is 22.7 Å². The number of hydrogen-bond donors (Lipinski definition) is 1. The third-order valence-electron chi connectivity index (χ3n) is 5.60. The van der Waals surface area contributed by atoms with Gasteiger partial charge in [0, 0.05) is 57.5 Å². The topological polar surface area (TPSA) is 102 Å². The molecule has 0 spiro atoms. The smallest absolute Gasteiger partial charge is 0.244 e. The van der Waals surface area contributed by atoms with Crippen molar-refractivity contribution in [3.8, 4) is 17.2 Å². The van der Waals surface area contributed by atoms with Gasteiger partial charge in [0.05, 0.1) is 33.2 Å². The van der Waals surface area contributed by atoms with Crippen LogP contribution < -0.4 is 25.0 Å². The fourth-order valence-electron chi connectivity index (χ4n) is 3.73. The number of pyridine rings is 1. The standard InChI is InChI=1S/C23H30N4O6/c1-16(28)26-9-7-25(8-10-26)13-17-11-20(29)22(33-4)14-27(17)15-23(30)24-19-6-5-18(31-2)12-21(19)32-3/h5-6,11-12,14H,7-10,13,15H2,1-4H3,(H,24,30). The second kappa shape index (κ2) is 10.9. The quantitative estimate of drug-likeness (QED) is 0.634. The van der Waals surface area contributed by atoms with Crippen LogP contribution in [0.15, 0.2) is 35.3 Å². The zero-order valence-corrected chi connectivity index (χ0v) is 19.4. The highest BCUT2D eigenvalue weighted by molar-refractivity contribution is 5.92. The van der Waals surface area contributed by atoms with Crippen molar-refractivity contribution < 1.29 is 23.8 Å². The van der Waals surface area contributed by atoms with Gasteiger partial charge in [-0.05, 0) is 12.1 Å². The fourth-order valence-corrected chi connectivity index (χ4v) is 3.73. The first-order valence-corrected chi connectivity index (χ1v) is 10.6. The van der Waals surface area contributed by atoms with Crippen molar-refractivity contribution in [3.05, 3.63) is 46.4 Å². The summed E-state index contributed by atoms with van der Waals surface area (Å²) in [6, 6.07) is 6.62. The van der Waals surface area contributed by atoms with Crippen molar-refractivity contribution in [1.82, 2.24) is 14.4 Å². The highest BCUT2D eigenvalue weighted by Gasteiger charge is 2.20. The predicted molar refractivity (Wildman–Crippen MR) is 123 cm³/mol. The van der Waals surface area contributed by atoms with Crippen LogP contribution in [0.1, 0.15) is 12.6 Å². The van der Waals surface area contributed by atoms with Gasteiger partial charge in [-0.15, -0.1) is 0 Å². The summed E-state index contributed by atoms with van der Waals surface area (Å²) in [5.41, 5.74) is 0.954. The molecule has 0 bridgehead atoms. The van der Waals surface area contributed by atoms with E-state index in [0.717, 1.165) is 0 Å². The molecule has 2 amide bonds. The molecule has 2 aromatic rings. The molecule has 1 N–H and O–H groups in total. The Hall–Kier alpha value is -3.53. The number of anilines is 1. The number of piperazine rings is 1. The van der Waals surface area contributed by atoms with Crippen molar-refractivity contribution in [1.29, 1.82) is 0 Å². The van der Waals surface area contributed by atoms with Gasteiger partial charge in [0.2, 0.25) is 17.2 Å². The zero-order valence-electron chi connectivity index (χ0n) is 19.4. The summed E-state index contributed by atoms with van der Waals surface area (Å²) in [5, 5.41) is 2.85. The van der Waals surface area contributed by atoms with Crippen molar-refractivity contribution in [2.24, 2.45) is 0 Å². The van der Waals surface area contributed by atoms with Gasteiger partial charge < -0.3 is 29.0 Å². The number of methoxy groups -OCH3 is 3. The molecule has 1 fully saturated rings. The number of nitrogens with one attached hydrogen (secondary N) is 1. The Kier molecular flexibility index (Phi) is 7.94. The maximum Gasteiger partial charge on any atom is 0.244 e.